The van der Waals surface area contributed by atoms with E-state index < -0.39 is 0 Å². The van der Waals surface area contributed by atoms with Crippen LogP contribution in [-0.4, -0.2) is 29.9 Å². The molecule has 7 nitrogen and oxygen atoms in total. The summed E-state index contributed by atoms with van der Waals surface area (Å²) in [5.74, 6) is 2.56. The quantitative estimate of drug-likeness (QED) is 0.677. The second kappa shape index (κ2) is 5.41. The zero-order valence-electron chi connectivity index (χ0n) is 11.0. The predicted octanol–water partition coefficient (Wildman–Crippen LogP) is 1.86. The first-order chi connectivity index (χ1) is 9.74. The molecule has 8 heteroatoms. The lowest BCUT2D eigenvalue weighted by molar-refractivity contribution is 0.387. The van der Waals surface area contributed by atoms with E-state index in [4.69, 9.17) is 4.52 Å². The fourth-order valence-corrected chi connectivity index (χ4v) is 2.46. The molecule has 0 spiro atoms. The summed E-state index contributed by atoms with van der Waals surface area (Å²) >= 11 is 1.50. The predicted molar refractivity (Wildman–Crippen MR) is 72.8 cm³/mol. The smallest absolute Gasteiger partial charge is 0.237 e. The average molecular weight is 288 g/mol. The molecule has 0 N–H and O–H groups in total. The van der Waals surface area contributed by atoms with Crippen LogP contribution in [0.1, 0.15) is 11.7 Å². The highest BCUT2D eigenvalue weighted by Crippen LogP contribution is 2.24. The lowest BCUT2D eigenvalue weighted by Gasteiger charge is -2.02. The first-order valence-electron chi connectivity index (χ1n) is 5.96. The first-order valence-corrected chi connectivity index (χ1v) is 6.94. The Morgan fingerprint density at radius 3 is 2.95 bits per heavy atom. The minimum atomic E-state index is 0.569. The number of aryl methyl sites for hydroxylation is 1. The third-order valence-corrected chi connectivity index (χ3v) is 3.65. The molecule has 0 atom stereocenters. The Kier molecular flexibility index (Phi) is 3.46. The third kappa shape index (κ3) is 2.55. The minimum absolute atomic E-state index is 0.569. The Hall–Kier alpha value is -2.22. The Labute approximate surface area is 119 Å². The van der Waals surface area contributed by atoms with Crippen LogP contribution in [-0.2, 0) is 12.8 Å². The average Bonchev–Trinajstić information content (AvgIpc) is 3.04. The molecule has 0 saturated heterocycles. The van der Waals surface area contributed by atoms with Crippen LogP contribution in [0.15, 0.2) is 34.2 Å². The van der Waals surface area contributed by atoms with Gasteiger partial charge in [-0.15, -0.1) is 10.2 Å². The number of thioether (sulfide) groups is 1. The van der Waals surface area contributed by atoms with Crippen LogP contribution in [0.4, 0.5) is 0 Å². The molecule has 0 radical (unpaired) electrons. The lowest BCUT2D eigenvalue weighted by atomic mass is 10.3. The summed E-state index contributed by atoms with van der Waals surface area (Å²) in [4.78, 5) is 8.24. The summed E-state index contributed by atoms with van der Waals surface area (Å²) in [5.41, 5.74) is 0.933. The van der Waals surface area contributed by atoms with Crippen molar-refractivity contribution in [1.29, 1.82) is 0 Å². The van der Waals surface area contributed by atoms with Crippen molar-refractivity contribution in [2.75, 3.05) is 0 Å². The van der Waals surface area contributed by atoms with Gasteiger partial charge in [0.25, 0.3) is 0 Å². The van der Waals surface area contributed by atoms with E-state index in [0.29, 0.717) is 17.5 Å². The van der Waals surface area contributed by atoms with Crippen LogP contribution < -0.4 is 0 Å². The van der Waals surface area contributed by atoms with E-state index in [9.17, 15) is 0 Å². The number of hydrogen-bond donors (Lipinski definition) is 0. The minimum Gasteiger partial charge on any atom is -0.338 e. The van der Waals surface area contributed by atoms with Gasteiger partial charge in [0, 0.05) is 25.0 Å². The van der Waals surface area contributed by atoms with E-state index in [2.05, 4.69) is 25.3 Å². The van der Waals surface area contributed by atoms with Crippen molar-refractivity contribution in [3.05, 3.63) is 36.2 Å². The van der Waals surface area contributed by atoms with Crippen molar-refractivity contribution >= 4 is 11.8 Å². The largest absolute Gasteiger partial charge is 0.338 e. The summed E-state index contributed by atoms with van der Waals surface area (Å²) in [7, 11) is 1.92. The third-order valence-electron chi connectivity index (χ3n) is 2.65. The molecule has 0 aliphatic heterocycles. The number of hydrogen-bond acceptors (Lipinski definition) is 7. The molecule has 3 aromatic rings. The maximum absolute atomic E-state index is 5.07. The molecule has 0 aliphatic carbocycles. The molecule has 0 aromatic carbocycles. The highest BCUT2D eigenvalue weighted by atomic mass is 32.2. The molecule has 3 aromatic heterocycles. The lowest BCUT2D eigenvalue weighted by Crippen LogP contribution is -1.95. The molecule has 3 heterocycles. The zero-order chi connectivity index (χ0) is 13.9. The van der Waals surface area contributed by atoms with E-state index in [0.717, 1.165) is 16.5 Å². The Bertz CT molecular complexity index is 708. The normalized spacial score (nSPS) is 10.9. The van der Waals surface area contributed by atoms with Crippen LogP contribution in [0.3, 0.4) is 0 Å². The molecular formula is C12H12N6OS. The van der Waals surface area contributed by atoms with Gasteiger partial charge >= 0.3 is 0 Å². The van der Waals surface area contributed by atoms with Crippen molar-refractivity contribution in [3.63, 3.8) is 0 Å². The molecule has 20 heavy (non-hydrogen) atoms. The molecule has 0 unspecified atom stereocenters. The molecule has 0 fully saturated rings. The van der Waals surface area contributed by atoms with Crippen molar-refractivity contribution < 1.29 is 4.52 Å². The molecule has 0 amide bonds. The van der Waals surface area contributed by atoms with Gasteiger partial charge < -0.3 is 9.09 Å². The number of aromatic nitrogens is 6. The van der Waals surface area contributed by atoms with E-state index in [1.165, 1.54) is 11.8 Å². The first kappa shape index (κ1) is 12.8. The highest BCUT2D eigenvalue weighted by molar-refractivity contribution is 7.98. The maximum Gasteiger partial charge on any atom is 0.237 e. The number of nitrogens with zero attached hydrogens (tertiary/aromatic N) is 6. The summed E-state index contributed by atoms with van der Waals surface area (Å²) in [6, 6.07) is 3.82. The Morgan fingerprint density at radius 1 is 1.35 bits per heavy atom. The van der Waals surface area contributed by atoms with Crippen LogP contribution in [0.2, 0.25) is 0 Å². The standard InChI is InChI=1S/C12H12N6OS/c1-8-14-10(19-17-8)7-20-12-16-15-11(18(12)2)9-4-3-5-13-6-9/h3-6H,7H2,1-2H3. The number of rotatable bonds is 4. The number of pyridine rings is 1. The monoisotopic (exact) mass is 288 g/mol. The van der Waals surface area contributed by atoms with Gasteiger partial charge in [0.15, 0.2) is 16.8 Å². The van der Waals surface area contributed by atoms with Crippen LogP contribution in [0.25, 0.3) is 11.4 Å². The van der Waals surface area contributed by atoms with Gasteiger partial charge in [-0.1, -0.05) is 16.9 Å². The zero-order valence-corrected chi connectivity index (χ0v) is 11.8. The second-order valence-corrected chi connectivity index (χ2v) is 5.07. The van der Waals surface area contributed by atoms with Crippen molar-refractivity contribution in [3.8, 4) is 11.4 Å². The SMILES string of the molecule is Cc1noc(CSc2nnc(-c3cccnc3)n2C)n1. The van der Waals surface area contributed by atoms with Gasteiger partial charge in [-0.05, 0) is 19.1 Å². The van der Waals surface area contributed by atoms with E-state index >= 15 is 0 Å². The van der Waals surface area contributed by atoms with Gasteiger partial charge in [0.2, 0.25) is 5.89 Å². The van der Waals surface area contributed by atoms with Crippen LogP contribution >= 0.6 is 11.8 Å². The van der Waals surface area contributed by atoms with Crippen molar-refractivity contribution in [2.24, 2.45) is 7.05 Å². The van der Waals surface area contributed by atoms with Crippen LogP contribution in [0, 0.1) is 6.92 Å². The van der Waals surface area contributed by atoms with Gasteiger partial charge in [-0.2, -0.15) is 4.98 Å². The molecule has 102 valence electrons. The molecule has 0 bridgehead atoms. The van der Waals surface area contributed by atoms with E-state index in [-0.39, 0.29) is 0 Å². The molecule has 0 saturated carbocycles. The molecule has 3 rings (SSSR count). The van der Waals surface area contributed by atoms with E-state index in [1.807, 2.05) is 23.7 Å². The second-order valence-electron chi connectivity index (χ2n) is 4.13. The Balaban J connectivity index is 1.77. The summed E-state index contributed by atoms with van der Waals surface area (Å²) < 4.78 is 6.99. The van der Waals surface area contributed by atoms with Crippen molar-refractivity contribution in [2.45, 2.75) is 17.8 Å². The highest BCUT2D eigenvalue weighted by Gasteiger charge is 2.12. The topological polar surface area (TPSA) is 82.5 Å². The van der Waals surface area contributed by atoms with Crippen molar-refractivity contribution in [1.82, 2.24) is 29.9 Å². The summed E-state index contributed by atoms with van der Waals surface area (Å²) in [6.45, 7) is 1.79. The van der Waals surface area contributed by atoms with Gasteiger partial charge in [0.1, 0.15) is 0 Å². The van der Waals surface area contributed by atoms with Gasteiger partial charge in [-0.25, -0.2) is 0 Å². The molecule has 0 aliphatic rings. The van der Waals surface area contributed by atoms with Gasteiger partial charge in [0.05, 0.1) is 5.75 Å². The fourth-order valence-electron chi connectivity index (χ4n) is 1.71. The van der Waals surface area contributed by atoms with E-state index in [1.54, 1.807) is 19.3 Å². The van der Waals surface area contributed by atoms with Gasteiger partial charge in [-0.3, -0.25) is 4.98 Å². The van der Waals surface area contributed by atoms with Crippen LogP contribution in [0.5, 0.6) is 0 Å². The fraction of sp³-hybridized carbons (Fsp3) is 0.250. The molecular weight excluding hydrogens is 276 g/mol. The maximum atomic E-state index is 5.07. The summed E-state index contributed by atoms with van der Waals surface area (Å²) in [6.07, 6.45) is 3.49. The summed E-state index contributed by atoms with van der Waals surface area (Å²) in [5, 5.41) is 12.9. The Morgan fingerprint density at radius 2 is 2.25 bits per heavy atom.